The first-order valence-electron chi connectivity index (χ1n) is 10.6. The number of carbonyl (C=O) groups is 2. The van der Waals surface area contributed by atoms with E-state index in [2.05, 4.69) is 15.9 Å². The van der Waals surface area contributed by atoms with Gasteiger partial charge in [0.05, 0.1) is 18.2 Å². The molecule has 5 rings (SSSR count). The van der Waals surface area contributed by atoms with Crippen LogP contribution in [0.15, 0.2) is 60.8 Å². The summed E-state index contributed by atoms with van der Waals surface area (Å²) < 4.78 is 12.2. The fourth-order valence-electron chi connectivity index (χ4n) is 4.54. The summed E-state index contributed by atoms with van der Waals surface area (Å²) in [6.07, 6.45) is 2.52. The van der Waals surface area contributed by atoms with Gasteiger partial charge in [-0.05, 0) is 49.1 Å². The third-order valence-electron chi connectivity index (χ3n) is 6.32. The minimum atomic E-state index is -1.02. The van der Waals surface area contributed by atoms with Crippen molar-refractivity contribution in [2.24, 2.45) is 0 Å². The maximum atomic E-state index is 12.9. The summed E-state index contributed by atoms with van der Waals surface area (Å²) in [5.74, 6) is -1.40. The third kappa shape index (κ3) is 3.74. The first kappa shape index (κ1) is 21.5. The number of halogens is 1. The largest absolute Gasteiger partial charge is 0.480 e. The van der Waals surface area contributed by atoms with Crippen LogP contribution < -0.4 is 5.63 Å². The number of fused-ring (bicyclic) bond motifs is 2. The van der Waals surface area contributed by atoms with Crippen molar-refractivity contribution in [3.63, 3.8) is 0 Å². The number of hydrogen-bond donors (Lipinski definition) is 1. The van der Waals surface area contributed by atoms with Crippen molar-refractivity contribution in [3.05, 3.63) is 68.7 Å². The molecular weight excluding hydrogens is 490 g/mol. The van der Waals surface area contributed by atoms with E-state index in [9.17, 15) is 19.5 Å². The molecule has 0 bridgehead atoms. The monoisotopic (exact) mass is 509 g/mol. The summed E-state index contributed by atoms with van der Waals surface area (Å²) in [6, 6.07) is 10.6. The zero-order valence-corrected chi connectivity index (χ0v) is 19.3. The number of carbonyl (C=O) groups excluding carboxylic acids is 1. The molecule has 1 fully saturated rings. The molecule has 2 aromatic heterocycles. The number of furan rings is 1. The van der Waals surface area contributed by atoms with Gasteiger partial charge in [0.2, 0.25) is 5.91 Å². The minimum absolute atomic E-state index is 0.198. The van der Waals surface area contributed by atoms with Gasteiger partial charge in [-0.1, -0.05) is 28.1 Å². The number of aliphatic carboxylic acids is 1. The molecule has 7 nitrogen and oxygen atoms in total. The van der Waals surface area contributed by atoms with Crippen LogP contribution in [-0.4, -0.2) is 34.5 Å². The summed E-state index contributed by atoms with van der Waals surface area (Å²) in [5.41, 5.74) is 3.15. The van der Waals surface area contributed by atoms with Crippen LogP contribution in [0.4, 0.5) is 0 Å². The number of hydrogen-bond acceptors (Lipinski definition) is 5. The molecule has 1 saturated heterocycles. The molecule has 168 valence electrons. The van der Waals surface area contributed by atoms with Crippen molar-refractivity contribution < 1.29 is 23.5 Å². The standard InChI is InChI=1S/C25H20BrNO6/c1-13-16-9-18-19(14-4-6-15(26)7-5-14)12-32-21(18)11-22(16)33-25(31)17(13)10-23(28)27-8-2-3-20(27)24(29)30/h4-7,9,11-12,20H,2-3,8,10H2,1H3,(H,29,30)/t20-/m0/s1. The Morgan fingerprint density at radius 1 is 1.15 bits per heavy atom. The van der Waals surface area contributed by atoms with Crippen molar-refractivity contribution in [1.82, 2.24) is 4.90 Å². The topological polar surface area (TPSA) is 101 Å². The predicted molar refractivity (Wildman–Crippen MR) is 126 cm³/mol. The number of nitrogens with zero attached hydrogens (tertiary/aromatic N) is 1. The number of carboxylic acid groups (broad SMARTS) is 1. The molecule has 1 aliphatic heterocycles. The van der Waals surface area contributed by atoms with Crippen molar-refractivity contribution >= 4 is 49.7 Å². The molecule has 1 amide bonds. The first-order valence-corrected chi connectivity index (χ1v) is 11.4. The van der Waals surface area contributed by atoms with Crippen molar-refractivity contribution in [3.8, 4) is 11.1 Å². The van der Waals surface area contributed by atoms with Gasteiger partial charge >= 0.3 is 11.6 Å². The van der Waals surface area contributed by atoms with Gasteiger partial charge in [0.15, 0.2) is 0 Å². The quantitative estimate of drug-likeness (QED) is 0.392. The highest BCUT2D eigenvalue weighted by Crippen LogP contribution is 2.35. The van der Waals surface area contributed by atoms with Crippen LogP contribution in [0.2, 0.25) is 0 Å². The van der Waals surface area contributed by atoms with E-state index in [0.29, 0.717) is 41.5 Å². The van der Waals surface area contributed by atoms with Crippen LogP contribution >= 0.6 is 15.9 Å². The lowest BCUT2D eigenvalue weighted by Gasteiger charge is -2.21. The molecule has 0 unspecified atom stereocenters. The minimum Gasteiger partial charge on any atom is -0.480 e. The first-order chi connectivity index (χ1) is 15.8. The molecule has 2 aromatic carbocycles. The normalized spacial score (nSPS) is 16.1. The number of amides is 1. The van der Waals surface area contributed by atoms with E-state index in [0.717, 1.165) is 21.0 Å². The molecule has 3 heterocycles. The second kappa shape index (κ2) is 8.19. The van der Waals surface area contributed by atoms with Crippen LogP contribution in [0, 0.1) is 6.92 Å². The van der Waals surface area contributed by atoms with E-state index in [1.165, 1.54) is 4.90 Å². The Kier molecular flexibility index (Phi) is 5.32. The van der Waals surface area contributed by atoms with E-state index in [1.807, 2.05) is 30.3 Å². The molecule has 1 aliphatic rings. The number of carboxylic acids is 1. The van der Waals surface area contributed by atoms with Crippen LogP contribution in [0.1, 0.15) is 24.0 Å². The van der Waals surface area contributed by atoms with Crippen LogP contribution in [0.25, 0.3) is 33.1 Å². The summed E-state index contributed by atoms with van der Waals surface area (Å²) in [5, 5.41) is 11.0. The Morgan fingerprint density at radius 2 is 1.91 bits per heavy atom. The Labute approximate surface area is 196 Å². The molecule has 1 N–H and O–H groups in total. The van der Waals surface area contributed by atoms with Gasteiger partial charge < -0.3 is 18.8 Å². The summed E-state index contributed by atoms with van der Waals surface area (Å²) >= 11 is 3.44. The summed E-state index contributed by atoms with van der Waals surface area (Å²) in [7, 11) is 0. The average molecular weight is 510 g/mol. The number of rotatable bonds is 4. The predicted octanol–water partition coefficient (Wildman–Crippen LogP) is 4.90. The van der Waals surface area contributed by atoms with Crippen LogP contribution in [0.5, 0.6) is 0 Å². The van der Waals surface area contributed by atoms with Gasteiger partial charge in [0.1, 0.15) is 17.2 Å². The molecule has 0 saturated carbocycles. The zero-order chi connectivity index (χ0) is 23.3. The molecule has 0 radical (unpaired) electrons. The van der Waals surface area contributed by atoms with Crippen LogP contribution in [0.3, 0.4) is 0 Å². The lowest BCUT2D eigenvalue weighted by Crippen LogP contribution is -2.41. The maximum absolute atomic E-state index is 12.9. The second-order valence-electron chi connectivity index (χ2n) is 8.25. The van der Waals surface area contributed by atoms with Gasteiger partial charge in [0.25, 0.3) is 0 Å². The Bertz CT molecular complexity index is 1470. The second-order valence-corrected chi connectivity index (χ2v) is 9.17. The highest BCUT2D eigenvalue weighted by Gasteiger charge is 2.34. The van der Waals surface area contributed by atoms with Gasteiger partial charge in [-0.3, -0.25) is 4.79 Å². The fourth-order valence-corrected chi connectivity index (χ4v) is 4.81. The van der Waals surface area contributed by atoms with E-state index >= 15 is 0 Å². The SMILES string of the molecule is Cc1c(CC(=O)N2CCC[C@H]2C(=O)O)c(=O)oc2cc3occ(-c4ccc(Br)cc4)c3cc12. The molecule has 0 spiro atoms. The summed E-state index contributed by atoms with van der Waals surface area (Å²) in [6.45, 7) is 2.16. The Morgan fingerprint density at radius 3 is 2.64 bits per heavy atom. The van der Waals surface area contributed by atoms with Gasteiger partial charge in [0, 0.05) is 33.4 Å². The fraction of sp³-hybridized carbons (Fsp3) is 0.240. The van der Waals surface area contributed by atoms with E-state index in [-0.39, 0.29) is 17.9 Å². The Hall–Kier alpha value is -3.39. The molecular formula is C25H20BrNO6. The molecule has 8 heteroatoms. The Balaban J connectivity index is 1.58. The molecule has 1 atom stereocenters. The van der Waals surface area contributed by atoms with Crippen molar-refractivity contribution in [1.29, 1.82) is 0 Å². The lowest BCUT2D eigenvalue weighted by atomic mass is 9.99. The van der Waals surface area contributed by atoms with E-state index in [1.54, 1.807) is 19.3 Å². The van der Waals surface area contributed by atoms with Crippen molar-refractivity contribution in [2.45, 2.75) is 32.2 Å². The summed E-state index contributed by atoms with van der Waals surface area (Å²) in [4.78, 5) is 38.4. The van der Waals surface area contributed by atoms with Gasteiger partial charge in [-0.15, -0.1) is 0 Å². The lowest BCUT2D eigenvalue weighted by molar-refractivity contribution is -0.148. The molecule has 4 aromatic rings. The average Bonchev–Trinajstić information content (AvgIpc) is 3.43. The maximum Gasteiger partial charge on any atom is 0.340 e. The molecule has 0 aliphatic carbocycles. The smallest absolute Gasteiger partial charge is 0.340 e. The van der Waals surface area contributed by atoms with Crippen LogP contribution in [-0.2, 0) is 16.0 Å². The van der Waals surface area contributed by atoms with Gasteiger partial charge in [-0.25, -0.2) is 9.59 Å². The third-order valence-corrected chi connectivity index (χ3v) is 6.85. The number of benzene rings is 2. The number of likely N-dealkylation sites (tertiary alicyclic amines) is 1. The molecule has 33 heavy (non-hydrogen) atoms. The van der Waals surface area contributed by atoms with Crippen molar-refractivity contribution in [2.75, 3.05) is 6.54 Å². The highest BCUT2D eigenvalue weighted by atomic mass is 79.9. The zero-order valence-electron chi connectivity index (χ0n) is 17.8. The van der Waals surface area contributed by atoms with E-state index in [4.69, 9.17) is 8.83 Å². The van der Waals surface area contributed by atoms with E-state index < -0.39 is 17.6 Å². The van der Waals surface area contributed by atoms with Gasteiger partial charge in [-0.2, -0.15) is 0 Å². The highest BCUT2D eigenvalue weighted by molar-refractivity contribution is 9.10. The number of aryl methyl sites for hydroxylation is 1.